The average Bonchev–Trinajstić information content (AvgIpc) is 2.56. The molecule has 2 N–H and O–H groups in total. The summed E-state index contributed by atoms with van der Waals surface area (Å²) >= 11 is 0. The maximum absolute atomic E-state index is 11.4. The lowest BCUT2D eigenvalue weighted by Crippen LogP contribution is -2.26. The summed E-state index contributed by atoms with van der Waals surface area (Å²) in [5, 5.41) is 0. The van der Waals surface area contributed by atoms with Gasteiger partial charge < -0.3 is 15.4 Å². The van der Waals surface area contributed by atoms with Gasteiger partial charge in [-0.1, -0.05) is 0 Å². The summed E-state index contributed by atoms with van der Waals surface area (Å²) in [6.07, 6.45) is 2.13. The van der Waals surface area contributed by atoms with Crippen molar-refractivity contribution >= 4 is 21.2 Å². The van der Waals surface area contributed by atoms with E-state index in [0.29, 0.717) is 12.3 Å². The molecule has 0 aromatic heterocycles. The molecule has 0 bridgehead atoms. The van der Waals surface area contributed by atoms with Crippen molar-refractivity contribution in [1.82, 2.24) is 0 Å². The van der Waals surface area contributed by atoms with Crippen LogP contribution in [0, 0.1) is 0 Å². The summed E-state index contributed by atoms with van der Waals surface area (Å²) in [7, 11) is -3.20. The molecule has 1 aliphatic heterocycles. The molecule has 1 saturated heterocycles. The number of hydrogen-bond acceptors (Lipinski definition) is 5. The number of rotatable bonds is 2. The van der Waals surface area contributed by atoms with Crippen molar-refractivity contribution in [2.75, 3.05) is 43.2 Å². The van der Waals surface area contributed by atoms with Crippen molar-refractivity contribution in [2.45, 2.75) is 11.3 Å². The lowest BCUT2D eigenvalue weighted by molar-refractivity contribution is 0.152. The van der Waals surface area contributed by atoms with E-state index < -0.39 is 9.84 Å². The highest BCUT2D eigenvalue weighted by molar-refractivity contribution is 7.90. The van der Waals surface area contributed by atoms with Gasteiger partial charge in [-0.2, -0.15) is 0 Å². The summed E-state index contributed by atoms with van der Waals surface area (Å²) in [6.45, 7) is 3.09. The highest BCUT2D eigenvalue weighted by Crippen LogP contribution is 2.26. The molecule has 0 saturated carbocycles. The van der Waals surface area contributed by atoms with Crippen LogP contribution in [0.5, 0.6) is 0 Å². The second-order valence-electron chi connectivity index (χ2n) is 4.45. The van der Waals surface area contributed by atoms with Gasteiger partial charge in [0.1, 0.15) is 0 Å². The zero-order chi connectivity index (χ0) is 13.2. The average molecular weight is 270 g/mol. The van der Waals surface area contributed by atoms with Gasteiger partial charge in [0.25, 0.3) is 0 Å². The number of benzene rings is 1. The summed E-state index contributed by atoms with van der Waals surface area (Å²) < 4.78 is 28.3. The fraction of sp³-hybridized carbons (Fsp3) is 0.500. The quantitative estimate of drug-likeness (QED) is 0.808. The number of anilines is 2. The van der Waals surface area contributed by atoms with E-state index in [9.17, 15) is 8.42 Å². The van der Waals surface area contributed by atoms with E-state index in [2.05, 4.69) is 4.90 Å². The fourth-order valence-electron chi connectivity index (χ4n) is 2.04. The standard InChI is InChI=1S/C12H18N2O3S/c1-18(15,16)10-3-4-12(11(13)9-10)14-5-2-7-17-8-6-14/h3-4,9H,2,5-8,13H2,1H3. The molecule has 2 rings (SSSR count). The minimum atomic E-state index is -3.20. The molecule has 1 fully saturated rings. The van der Waals surface area contributed by atoms with Crippen LogP contribution < -0.4 is 10.6 Å². The first kappa shape index (κ1) is 13.2. The molecule has 100 valence electrons. The molecule has 5 nitrogen and oxygen atoms in total. The second-order valence-corrected chi connectivity index (χ2v) is 6.46. The van der Waals surface area contributed by atoms with Crippen molar-refractivity contribution in [3.05, 3.63) is 18.2 Å². The SMILES string of the molecule is CS(=O)(=O)c1ccc(N2CCCOCC2)c(N)c1. The van der Waals surface area contributed by atoms with Crippen LogP contribution in [-0.4, -0.2) is 41.0 Å². The fourth-order valence-corrected chi connectivity index (χ4v) is 2.69. The smallest absolute Gasteiger partial charge is 0.175 e. The van der Waals surface area contributed by atoms with Crippen LogP contribution in [0.3, 0.4) is 0 Å². The van der Waals surface area contributed by atoms with E-state index in [1.54, 1.807) is 12.1 Å². The van der Waals surface area contributed by atoms with Gasteiger partial charge >= 0.3 is 0 Å². The van der Waals surface area contributed by atoms with Gasteiger partial charge in [-0.3, -0.25) is 0 Å². The summed E-state index contributed by atoms with van der Waals surface area (Å²) in [4.78, 5) is 2.39. The van der Waals surface area contributed by atoms with Crippen LogP contribution in [0.2, 0.25) is 0 Å². The first-order chi connectivity index (χ1) is 8.48. The lowest BCUT2D eigenvalue weighted by atomic mass is 10.2. The summed E-state index contributed by atoms with van der Waals surface area (Å²) in [6, 6.07) is 4.90. The van der Waals surface area contributed by atoms with E-state index in [4.69, 9.17) is 10.5 Å². The van der Waals surface area contributed by atoms with Crippen LogP contribution in [0.15, 0.2) is 23.1 Å². The van der Waals surface area contributed by atoms with Gasteiger partial charge in [0.05, 0.1) is 22.9 Å². The van der Waals surface area contributed by atoms with Crippen LogP contribution in [0.4, 0.5) is 11.4 Å². The first-order valence-electron chi connectivity index (χ1n) is 5.91. The highest BCUT2D eigenvalue weighted by Gasteiger charge is 2.15. The van der Waals surface area contributed by atoms with Gasteiger partial charge in [0.15, 0.2) is 9.84 Å². The molecule has 1 heterocycles. The molecular formula is C12H18N2O3S. The number of sulfone groups is 1. The maximum atomic E-state index is 11.4. The molecular weight excluding hydrogens is 252 g/mol. The van der Waals surface area contributed by atoms with Crippen molar-refractivity contribution in [2.24, 2.45) is 0 Å². The first-order valence-corrected chi connectivity index (χ1v) is 7.80. The van der Waals surface area contributed by atoms with Crippen molar-refractivity contribution in [3.63, 3.8) is 0 Å². The van der Waals surface area contributed by atoms with Gasteiger partial charge in [0.2, 0.25) is 0 Å². The van der Waals surface area contributed by atoms with Crippen LogP contribution >= 0.6 is 0 Å². The zero-order valence-corrected chi connectivity index (χ0v) is 11.2. The topological polar surface area (TPSA) is 72.6 Å². The number of hydrogen-bond donors (Lipinski definition) is 1. The zero-order valence-electron chi connectivity index (χ0n) is 10.4. The Morgan fingerprint density at radius 2 is 2.06 bits per heavy atom. The third-order valence-corrected chi connectivity index (χ3v) is 4.10. The predicted octanol–water partition coefficient (Wildman–Crippen LogP) is 0.899. The Kier molecular flexibility index (Phi) is 3.77. The molecule has 1 aromatic rings. The number of nitrogens with two attached hydrogens (primary N) is 1. The summed E-state index contributed by atoms with van der Waals surface area (Å²) in [5.41, 5.74) is 7.34. The van der Waals surface area contributed by atoms with Crippen molar-refractivity contribution < 1.29 is 13.2 Å². The molecule has 0 radical (unpaired) electrons. The van der Waals surface area contributed by atoms with E-state index in [0.717, 1.165) is 31.8 Å². The minimum absolute atomic E-state index is 0.259. The maximum Gasteiger partial charge on any atom is 0.175 e. The molecule has 0 atom stereocenters. The van der Waals surface area contributed by atoms with E-state index in [1.165, 1.54) is 12.3 Å². The third-order valence-electron chi connectivity index (χ3n) is 2.99. The Bertz CT molecular complexity index is 520. The molecule has 18 heavy (non-hydrogen) atoms. The van der Waals surface area contributed by atoms with E-state index in [1.807, 2.05) is 0 Å². The van der Waals surface area contributed by atoms with Gasteiger partial charge in [-0.25, -0.2) is 8.42 Å². The van der Waals surface area contributed by atoms with Crippen molar-refractivity contribution in [3.8, 4) is 0 Å². The number of nitrogen functional groups attached to an aromatic ring is 1. The van der Waals surface area contributed by atoms with Crippen LogP contribution in [0.25, 0.3) is 0 Å². The normalized spacial score (nSPS) is 17.5. The third kappa shape index (κ3) is 2.94. The molecule has 0 aliphatic carbocycles. The monoisotopic (exact) mass is 270 g/mol. The second kappa shape index (κ2) is 5.16. The Labute approximate surface area is 107 Å². The van der Waals surface area contributed by atoms with Gasteiger partial charge in [-0.05, 0) is 24.6 Å². The molecule has 1 aromatic carbocycles. The Morgan fingerprint density at radius 1 is 1.28 bits per heavy atom. The Hall–Kier alpha value is -1.27. The minimum Gasteiger partial charge on any atom is -0.397 e. The summed E-state index contributed by atoms with van der Waals surface area (Å²) in [5.74, 6) is 0. The Balaban J connectivity index is 2.29. The molecule has 0 spiro atoms. The van der Waals surface area contributed by atoms with Crippen LogP contribution in [-0.2, 0) is 14.6 Å². The Morgan fingerprint density at radius 3 is 2.72 bits per heavy atom. The molecule has 1 aliphatic rings. The largest absolute Gasteiger partial charge is 0.397 e. The lowest BCUT2D eigenvalue weighted by Gasteiger charge is -2.23. The van der Waals surface area contributed by atoms with Gasteiger partial charge in [-0.15, -0.1) is 0 Å². The molecule has 0 unspecified atom stereocenters. The highest BCUT2D eigenvalue weighted by atomic mass is 32.2. The number of ether oxygens (including phenoxy) is 1. The van der Waals surface area contributed by atoms with Crippen molar-refractivity contribution in [1.29, 1.82) is 0 Å². The predicted molar refractivity (Wildman–Crippen MR) is 71.6 cm³/mol. The molecule has 6 heteroatoms. The van der Waals surface area contributed by atoms with E-state index in [-0.39, 0.29) is 4.90 Å². The van der Waals surface area contributed by atoms with E-state index >= 15 is 0 Å². The van der Waals surface area contributed by atoms with Gasteiger partial charge in [0, 0.05) is 26.0 Å². The van der Waals surface area contributed by atoms with Crippen LogP contribution in [0.1, 0.15) is 6.42 Å². The number of nitrogens with zero attached hydrogens (tertiary/aromatic N) is 1. The molecule has 0 amide bonds.